The highest BCUT2D eigenvalue weighted by molar-refractivity contribution is 9.10. The molecule has 10 heteroatoms. The van der Waals surface area contributed by atoms with Crippen molar-refractivity contribution in [3.63, 3.8) is 0 Å². The van der Waals surface area contributed by atoms with Crippen molar-refractivity contribution in [1.29, 1.82) is 0 Å². The minimum absolute atomic E-state index is 0.0764. The van der Waals surface area contributed by atoms with Gasteiger partial charge in [0, 0.05) is 33.3 Å². The number of nitrogens with zero attached hydrogens (tertiary/aromatic N) is 4. The summed E-state index contributed by atoms with van der Waals surface area (Å²) in [7, 11) is -4.01. The highest BCUT2D eigenvalue weighted by atomic mass is 79.9. The van der Waals surface area contributed by atoms with Gasteiger partial charge in [-0.2, -0.15) is 0 Å². The van der Waals surface area contributed by atoms with Gasteiger partial charge >= 0.3 is 5.69 Å². The zero-order chi connectivity index (χ0) is 26.8. The Labute approximate surface area is 210 Å². The highest BCUT2D eigenvalue weighted by Crippen LogP contribution is 2.39. The van der Waals surface area contributed by atoms with E-state index in [4.69, 9.17) is 9.85 Å². The lowest BCUT2D eigenvalue weighted by molar-refractivity contribution is 0.236. The molecule has 0 atom stereocenters. The van der Waals surface area contributed by atoms with Crippen molar-refractivity contribution >= 4 is 48.0 Å². The van der Waals surface area contributed by atoms with Crippen LogP contribution in [0, 0.1) is 0 Å². The van der Waals surface area contributed by atoms with Crippen molar-refractivity contribution in [2.75, 3.05) is 0 Å². The fourth-order valence-electron chi connectivity index (χ4n) is 4.97. The molecule has 0 amide bonds. The van der Waals surface area contributed by atoms with Crippen molar-refractivity contribution in [1.82, 2.24) is 18.1 Å². The molecule has 34 heavy (non-hydrogen) atoms. The summed E-state index contributed by atoms with van der Waals surface area (Å²) in [6.07, 6.45) is 7.48. The normalized spacial score (nSPS) is 23.0. The van der Waals surface area contributed by atoms with Crippen LogP contribution in [0.5, 0.6) is 0 Å². The number of imidazole rings is 1. The van der Waals surface area contributed by atoms with Gasteiger partial charge in [0.15, 0.2) is 5.65 Å². The van der Waals surface area contributed by atoms with E-state index in [0.717, 1.165) is 8.54 Å². The molecular weight excluding hydrogens is 518 g/mol. The summed E-state index contributed by atoms with van der Waals surface area (Å²) in [5, 5.41) is 0.354. The second-order valence-electron chi connectivity index (χ2n) is 8.86. The first-order chi connectivity index (χ1) is 17.4. The molecule has 1 aliphatic rings. The van der Waals surface area contributed by atoms with Crippen LogP contribution in [0.15, 0.2) is 69.5 Å². The summed E-state index contributed by atoms with van der Waals surface area (Å²) < 4.78 is 54.7. The van der Waals surface area contributed by atoms with Gasteiger partial charge in [0.25, 0.3) is 10.0 Å². The first-order valence-electron chi connectivity index (χ1n) is 12.4. The number of aryl methyl sites for hydroxylation is 1. The third-order valence-electron chi connectivity index (χ3n) is 6.74. The molecule has 0 spiro atoms. The highest BCUT2D eigenvalue weighted by Gasteiger charge is 2.34. The predicted molar refractivity (Wildman–Crippen MR) is 136 cm³/mol. The van der Waals surface area contributed by atoms with Gasteiger partial charge in [0.2, 0.25) is 0 Å². The molecule has 1 saturated carbocycles. The number of fused-ring (bicyclic) bond motifs is 3. The average Bonchev–Trinajstić information content (AvgIpc) is 3.34. The van der Waals surface area contributed by atoms with Gasteiger partial charge in [-0.3, -0.25) is 9.13 Å². The third-order valence-corrected chi connectivity index (χ3v) is 9.00. The Bertz CT molecular complexity index is 1680. The van der Waals surface area contributed by atoms with Crippen LogP contribution in [0.25, 0.3) is 22.1 Å². The van der Waals surface area contributed by atoms with Crippen LogP contribution in [0.3, 0.4) is 0 Å². The molecule has 3 aromatic heterocycles. The van der Waals surface area contributed by atoms with Crippen molar-refractivity contribution < 1.29 is 12.5 Å². The Kier molecular flexibility index (Phi) is 4.73. The van der Waals surface area contributed by atoms with E-state index in [-0.39, 0.29) is 22.1 Å². The number of nitrogens with two attached hydrogens (primary N) is 1. The maximum absolute atomic E-state index is 13.7. The summed E-state index contributed by atoms with van der Waals surface area (Å²) in [5.74, 6) is 0. The van der Waals surface area contributed by atoms with Crippen LogP contribution < -0.4 is 11.4 Å². The summed E-state index contributed by atoms with van der Waals surface area (Å²) in [6.45, 7) is 1.03. The number of aromatic nitrogens is 4. The second-order valence-corrected chi connectivity index (χ2v) is 11.5. The fourth-order valence-corrected chi connectivity index (χ4v) is 7.01. The smallest absolute Gasteiger partial charge is 0.325 e. The van der Waals surface area contributed by atoms with E-state index in [1.54, 1.807) is 24.3 Å². The molecule has 0 bridgehead atoms. The molecule has 5 rings (SSSR count). The molecule has 0 saturated heterocycles. The molecule has 4 aromatic rings. The van der Waals surface area contributed by atoms with Crippen LogP contribution >= 0.6 is 15.9 Å². The van der Waals surface area contributed by atoms with Crippen LogP contribution in [0.2, 0.25) is 0 Å². The molecule has 178 valence electrons. The lowest BCUT2D eigenvalue weighted by Gasteiger charge is -2.37. The van der Waals surface area contributed by atoms with E-state index in [9.17, 15) is 13.2 Å². The van der Waals surface area contributed by atoms with E-state index in [2.05, 4.69) is 27.5 Å². The van der Waals surface area contributed by atoms with Crippen LogP contribution in [-0.2, 0) is 17.0 Å². The van der Waals surface area contributed by atoms with E-state index in [1.165, 1.54) is 29.1 Å². The SMILES string of the molecule is [2H]C([2H])([2H])n1c(=O)n(C2CCC(N)(CC=C)CC2)c2c3c(Br)cn(S(=O)(=O)c4ccccc4)c3ncc21. The Morgan fingerprint density at radius 1 is 1.32 bits per heavy atom. The van der Waals surface area contributed by atoms with Crippen LogP contribution in [-0.4, -0.2) is 32.0 Å². The predicted octanol–water partition coefficient (Wildman–Crippen LogP) is 4.08. The molecule has 3 heterocycles. The van der Waals surface area contributed by atoms with Crippen molar-refractivity contribution in [3.8, 4) is 0 Å². The third kappa shape index (κ3) is 3.47. The lowest BCUT2D eigenvalue weighted by Crippen LogP contribution is -2.44. The summed E-state index contributed by atoms with van der Waals surface area (Å²) in [5.41, 5.74) is 5.95. The van der Waals surface area contributed by atoms with Crippen LogP contribution in [0.1, 0.15) is 42.3 Å². The maximum Gasteiger partial charge on any atom is 0.329 e. The fraction of sp³-hybridized carbons (Fsp3) is 0.333. The first kappa shape index (κ1) is 19.6. The van der Waals surface area contributed by atoms with Gasteiger partial charge in [0.1, 0.15) is 0 Å². The van der Waals surface area contributed by atoms with Gasteiger partial charge in [-0.15, -0.1) is 6.58 Å². The van der Waals surface area contributed by atoms with E-state index < -0.39 is 28.2 Å². The Balaban J connectivity index is 1.78. The second kappa shape index (κ2) is 8.21. The molecule has 8 nitrogen and oxygen atoms in total. The Hall–Kier alpha value is -2.69. The van der Waals surface area contributed by atoms with Crippen molar-refractivity contribution in [3.05, 3.63) is 70.3 Å². The zero-order valence-electron chi connectivity index (χ0n) is 21.3. The number of hydrogen-bond donors (Lipinski definition) is 1. The summed E-state index contributed by atoms with van der Waals surface area (Å²) in [4.78, 5) is 18.1. The maximum atomic E-state index is 13.7. The van der Waals surface area contributed by atoms with Gasteiger partial charge < -0.3 is 5.73 Å². The van der Waals surface area contributed by atoms with E-state index in [0.29, 0.717) is 47.5 Å². The molecule has 1 aliphatic carbocycles. The van der Waals surface area contributed by atoms with Gasteiger partial charge in [-0.25, -0.2) is 22.2 Å². The van der Waals surface area contributed by atoms with E-state index >= 15 is 0 Å². The van der Waals surface area contributed by atoms with Gasteiger partial charge in [0.05, 0.1) is 27.5 Å². The molecular formula is C24H26BrN5O3S. The molecule has 1 aromatic carbocycles. The molecule has 0 radical (unpaired) electrons. The van der Waals surface area contributed by atoms with Crippen molar-refractivity contribution in [2.24, 2.45) is 12.7 Å². The summed E-state index contributed by atoms with van der Waals surface area (Å²) >= 11 is 3.46. The minimum atomic E-state index is -4.01. The van der Waals surface area contributed by atoms with Gasteiger partial charge in [-0.1, -0.05) is 24.3 Å². The number of rotatable bonds is 5. The number of pyridine rings is 1. The Morgan fingerprint density at radius 3 is 2.68 bits per heavy atom. The number of benzene rings is 1. The standard InChI is InChI=1S/C24H26BrN5O3S/c1-3-11-24(26)12-9-16(10-13-24)30-21-19(28(2)23(30)31)14-27-22-20(21)18(25)15-29(22)34(32,33)17-7-5-4-6-8-17/h3-8,14-16H,1,9-13,26H2,2H3/i2D3. The van der Waals surface area contributed by atoms with Crippen LogP contribution in [0.4, 0.5) is 0 Å². The number of hydrogen-bond acceptors (Lipinski definition) is 5. The Morgan fingerprint density at radius 2 is 2.03 bits per heavy atom. The largest absolute Gasteiger partial charge is 0.329 e. The van der Waals surface area contributed by atoms with E-state index in [1.807, 2.05) is 0 Å². The monoisotopic (exact) mass is 546 g/mol. The molecule has 1 fully saturated rings. The first-order valence-corrected chi connectivity index (χ1v) is 13.2. The van der Waals surface area contributed by atoms with Crippen molar-refractivity contribution in [2.45, 2.75) is 48.6 Å². The molecule has 0 aliphatic heterocycles. The number of halogens is 1. The lowest BCUT2D eigenvalue weighted by atomic mass is 9.78. The minimum Gasteiger partial charge on any atom is -0.325 e. The quantitative estimate of drug-likeness (QED) is 0.379. The topological polar surface area (TPSA) is 105 Å². The molecule has 0 unspecified atom stereocenters. The molecule has 2 N–H and O–H groups in total. The zero-order valence-corrected chi connectivity index (χ0v) is 20.7. The average molecular weight is 547 g/mol. The van der Waals surface area contributed by atoms with Gasteiger partial charge in [-0.05, 0) is 60.2 Å². The summed E-state index contributed by atoms with van der Waals surface area (Å²) in [6, 6.07) is 7.63.